The van der Waals surface area contributed by atoms with Crippen molar-refractivity contribution < 1.29 is 4.79 Å². The lowest BCUT2D eigenvalue weighted by atomic mass is 9.92. The normalized spacial score (nSPS) is 17.5. The first-order valence-electron chi connectivity index (χ1n) is 9.53. The fourth-order valence-corrected chi connectivity index (χ4v) is 5.98. The van der Waals surface area contributed by atoms with Gasteiger partial charge in [-0.1, -0.05) is 54.1 Å². The van der Waals surface area contributed by atoms with E-state index in [0.717, 1.165) is 28.1 Å². The lowest BCUT2D eigenvalue weighted by molar-refractivity contribution is 0.103. The Kier molecular flexibility index (Phi) is 3.95. The van der Waals surface area contributed by atoms with Crippen molar-refractivity contribution in [3.63, 3.8) is 0 Å². The zero-order valence-electron chi connectivity index (χ0n) is 16.2. The minimum absolute atomic E-state index is 0.0355. The fourth-order valence-electron chi connectivity index (χ4n) is 4.49. The van der Waals surface area contributed by atoms with Gasteiger partial charge in [-0.2, -0.15) is 0 Å². The van der Waals surface area contributed by atoms with Gasteiger partial charge in [-0.25, -0.2) is 0 Å². The Morgan fingerprint density at radius 2 is 1.50 bits per heavy atom. The molecule has 1 heterocycles. The number of hydrogen-bond acceptors (Lipinski definition) is 3. The molecule has 0 spiro atoms. The number of para-hydroxylation sites is 1. The summed E-state index contributed by atoms with van der Waals surface area (Å²) in [7, 11) is 0. The highest BCUT2D eigenvalue weighted by Gasteiger charge is 2.38. The predicted octanol–water partition coefficient (Wildman–Crippen LogP) is 6.48. The summed E-state index contributed by atoms with van der Waals surface area (Å²) >= 11 is 1.77. The van der Waals surface area contributed by atoms with Gasteiger partial charge in [0.15, 0.2) is 5.78 Å². The van der Waals surface area contributed by atoms with Crippen molar-refractivity contribution in [2.45, 2.75) is 30.9 Å². The highest BCUT2D eigenvalue weighted by Crippen LogP contribution is 2.53. The van der Waals surface area contributed by atoms with Gasteiger partial charge in [-0.3, -0.25) is 4.79 Å². The van der Waals surface area contributed by atoms with E-state index in [0.29, 0.717) is 0 Å². The summed E-state index contributed by atoms with van der Waals surface area (Å²) in [6.45, 7) is 6.45. The van der Waals surface area contributed by atoms with E-state index in [-0.39, 0.29) is 11.0 Å². The molecule has 28 heavy (non-hydrogen) atoms. The molecule has 0 aromatic heterocycles. The third-order valence-corrected chi connectivity index (χ3v) is 6.93. The van der Waals surface area contributed by atoms with E-state index in [4.69, 9.17) is 0 Å². The Morgan fingerprint density at radius 1 is 0.857 bits per heavy atom. The number of ketones is 1. The van der Waals surface area contributed by atoms with Crippen LogP contribution in [0.3, 0.4) is 0 Å². The summed E-state index contributed by atoms with van der Waals surface area (Å²) in [4.78, 5) is 14.7. The number of carbonyl (C=O) groups excluding carboxylic acids is 1. The van der Waals surface area contributed by atoms with Crippen molar-refractivity contribution in [3.05, 3.63) is 99.6 Å². The lowest BCUT2D eigenvalue weighted by Crippen LogP contribution is -2.10. The molecule has 1 aliphatic heterocycles. The molecule has 2 nitrogen and oxygen atoms in total. The van der Waals surface area contributed by atoms with Crippen LogP contribution in [0.1, 0.15) is 43.4 Å². The van der Waals surface area contributed by atoms with Crippen molar-refractivity contribution in [2.75, 3.05) is 5.32 Å². The number of Topliss-reactive ketones (excluding diaryl/α,β-unsaturated/α-hetero) is 1. The average Bonchev–Trinajstić information content (AvgIpc) is 2.83. The van der Waals surface area contributed by atoms with Gasteiger partial charge in [-0.15, -0.1) is 11.8 Å². The van der Waals surface area contributed by atoms with Crippen LogP contribution in [-0.4, -0.2) is 5.78 Å². The van der Waals surface area contributed by atoms with Crippen molar-refractivity contribution in [1.82, 2.24) is 0 Å². The first-order valence-corrected chi connectivity index (χ1v) is 10.4. The van der Waals surface area contributed by atoms with Crippen LogP contribution >= 0.6 is 11.8 Å². The second-order valence-corrected chi connectivity index (χ2v) is 8.74. The summed E-state index contributed by atoms with van der Waals surface area (Å²) in [5, 5.41) is 3.56. The van der Waals surface area contributed by atoms with Gasteiger partial charge >= 0.3 is 0 Å². The lowest BCUT2D eigenvalue weighted by Gasteiger charge is -2.22. The van der Waals surface area contributed by atoms with Crippen LogP contribution < -0.4 is 5.32 Å². The smallest absolute Gasteiger partial charge is 0.193 e. The molecule has 3 heteroatoms. The molecule has 2 aliphatic rings. The second-order valence-electron chi connectivity index (χ2n) is 7.59. The quantitative estimate of drug-likeness (QED) is 0.521. The van der Waals surface area contributed by atoms with Crippen LogP contribution in [0.25, 0.3) is 5.70 Å². The zero-order chi connectivity index (χ0) is 19.4. The van der Waals surface area contributed by atoms with Crippen LogP contribution in [0.5, 0.6) is 0 Å². The molecule has 0 saturated heterocycles. The van der Waals surface area contributed by atoms with E-state index in [2.05, 4.69) is 56.4 Å². The average molecular weight is 384 g/mol. The molecule has 0 saturated carbocycles. The fraction of sp³-hybridized carbons (Fsp3) is 0.160. The topological polar surface area (TPSA) is 29.1 Å². The van der Waals surface area contributed by atoms with Gasteiger partial charge in [-0.05, 0) is 49.6 Å². The van der Waals surface area contributed by atoms with Crippen molar-refractivity contribution >= 4 is 28.9 Å². The maximum Gasteiger partial charge on any atom is 0.193 e. The minimum atomic E-state index is -0.0355. The Balaban J connectivity index is 1.79. The third kappa shape index (κ3) is 2.54. The summed E-state index contributed by atoms with van der Waals surface area (Å²) < 4.78 is 0. The SMILES string of the molecule is Cc1cc(C)c(C2Sc3ccccc3NC3=C2C(=O)c2ccccc23)c(C)c1. The van der Waals surface area contributed by atoms with Crippen molar-refractivity contribution in [2.24, 2.45) is 0 Å². The molecule has 0 radical (unpaired) electrons. The first-order chi connectivity index (χ1) is 13.5. The van der Waals surface area contributed by atoms with Crippen molar-refractivity contribution in [3.8, 4) is 0 Å². The number of hydrogen-bond donors (Lipinski definition) is 1. The monoisotopic (exact) mass is 383 g/mol. The van der Waals surface area contributed by atoms with E-state index in [1.807, 2.05) is 30.3 Å². The molecule has 1 aliphatic carbocycles. The Hall–Kier alpha value is -2.78. The van der Waals surface area contributed by atoms with E-state index in [1.54, 1.807) is 11.8 Å². The Bertz CT molecular complexity index is 1150. The molecular weight excluding hydrogens is 362 g/mol. The van der Waals surface area contributed by atoms with E-state index < -0.39 is 0 Å². The van der Waals surface area contributed by atoms with Crippen LogP contribution in [0, 0.1) is 20.8 Å². The number of fused-ring (bicyclic) bond motifs is 3. The molecule has 1 unspecified atom stereocenters. The maximum atomic E-state index is 13.5. The maximum absolute atomic E-state index is 13.5. The second kappa shape index (κ2) is 6.39. The number of thioether (sulfide) groups is 1. The van der Waals surface area contributed by atoms with Gasteiger partial charge in [0, 0.05) is 21.6 Å². The molecule has 5 rings (SSSR count). The third-order valence-electron chi connectivity index (χ3n) is 5.61. The van der Waals surface area contributed by atoms with Gasteiger partial charge in [0.05, 0.1) is 16.6 Å². The Morgan fingerprint density at radius 3 is 2.25 bits per heavy atom. The predicted molar refractivity (Wildman–Crippen MR) is 117 cm³/mol. The van der Waals surface area contributed by atoms with E-state index in [9.17, 15) is 4.79 Å². The summed E-state index contributed by atoms with van der Waals surface area (Å²) in [6.07, 6.45) is 0. The molecule has 3 aromatic carbocycles. The standard InChI is InChI=1S/C25H21NOS/c1-14-12-15(2)21(16(3)13-14)25-22-23(17-8-4-5-9-18(17)24(22)27)26-19-10-6-7-11-20(19)28-25/h4-13,25-26H,1-3H3. The molecule has 0 fully saturated rings. The molecule has 138 valence electrons. The highest BCUT2D eigenvalue weighted by atomic mass is 32.2. The zero-order valence-corrected chi connectivity index (χ0v) is 17.0. The van der Waals surface area contributed by atoms with Gasteiger partial charge in [0.2, 0.25) is 0 Å². The number of aryl methyl sites for hydroxylation is 3. The number of benzene rings is 3. The van der Waals surface area contributed by atoms with Crippen LogP contribution in [0.15, 0.2) is 71.1 Å². The van der Waals surface area contributed by atoms with E-state index >= 15 is 0 Å². The molecular formula is C25H21NOS. The number of anilines is 1. The largest absolute Gasteiger partial charge is 0.354 e. The van der Waals surface area contributed by atoms with Crippen molar-refractivity contribution in [1.29, 1.82) is 0 Å². The van der Waals surface area contributed by atoms with E-state index in [1.165, 1.54) is 27.1 Å². The highest BCUT2D eigenvalue weighted by molar-refractivity contribution is 8.00. The molecule has 1 N–H and O–H groups in total. The molecule has 1 atom stereocenters. The van der Waals surface area contributed by atoms with Gasteiger partial charge < -0.3 is 5.32 Å². The van der Waals surface area contributed by atoms with Gasteiger partial charge in [0.25, 0.3) is 0 Å². The minimum Gasteiger partial charge on any atom is -0.354 e. The number of nitrogens with one attached hydrogen (secondary N) is 1. The van der Waals surface area contributed by atoms with Crippen LogP contribution in [0.4, 0.5) is 5.69 Å². The van der Waals surface area contributed by atoms with Crippen LogP contribution in [0.2, 0.25) is 0 Å². The van der Waals surface area contributed by atoms with Crippen LogP contribution in [-0.2, 0) is 0 Å². The summed E-state index contributed by atoms with van der Waals surface area (Å²) in [5.74, 6) is 0.141. The Labute approximate surface area is 169 Å². The molecule has 0 bridgehead atoms. The molecule has 3 aromatic rings. The summed E-state index contributed by atoms with van der Waals surface area (Å²) in [6, 6.07) is 20.7. The number of rotatable bonds is 1. The van der Waals surface area contributed by atoms with Gasteiger partial charge in [0.1, 0.15) is 0 Å². The summed E-state index contributed by atoms with van der Waals surface area (Å²) in [5.41, 5.74) is 9.69. The molecule has 0 amide bonds. The first kappa shape index (κ1) is 17.3. The number of carbonyl (C=O) groups is 1.